The lowest BCUT2D eigenvalue weighted by Crippen LogP contribution is -2.54. The third-order valence-corrected chi connectivity index (χ3v) is 13.0. The van der Waals surface area contributed by atoms with E-state index in [1.54, 1.807) is 4.90 Å². The fraction of sp³-hybridized carbons (Fsp3) is 0.730. The smallest absolute Gasteiger partial charge is 0.238 e. The molecule has 0 spiro atoms. The number of imide groups is 1. The average Bonchev–Trinajstić information content (AvgIpc) is 3.69. The molecule has 1 aromatic rings. The standard InChI is InChI=1S/C37H55NO2/c1-9-12-21-35(5,6)31-32(34(40)38(33(31)39)30-19-14-13-16-24(30)4)37(8,20-10-2)36(7,11-3)29-23-25-22-28(29)27-18-15-17-26(25)27/h13-16,18-19,25-29,31-32H,9-12,17,20-23H2,1-8H3. The number of aryl methyl sites for hydroxylation is 1. The van der Waals surface area contributed by atoms with Crippen molar-refractivity contribution in [3.05, 3.63) is 42.0 Å². The van der Waals surface area contributed by atoms with Gasteiger partial charge < -0.3 is 0 Å². The number of allylic oxidation sites excluding steroid dienone is 2. The number of anilines is 1. The molecule has 3 heteroatoms. The van der Waals surface area contributed by atoms with Crippen molar-refractivity contribution >= 4 is 17.5 Å². The second kappa shape index (κ2) is 10.7. The minimum atomic E-state index is -0.301. The molecule has 1 aromatic carbocycles. The minimum Gasteiger partial charge on any atom is -0.274 e. The first-order valence-corrected chi connectivity index (χ1v) is 16.6. The summed E-state index contributed by atoms with van der Waals surface area (Å²) in [6, 6.07) is 7.97. The summed E-state index contributed by atoms with van der Waals surface area (Å²) in [5, 5.41) is 0. The van der Waals surface area contributed by atoms with E-state index in [0.29, 0.717) is 5.92 Å². The highest BCUT2D eigenvalue weighted by Crippen LogP contribution is 2.69. The van der Waals surface area contributed by atoms with E-state index < -0.39 is 0 Å². The summed E-state index contributed by atoms with van der Waals surface area (Å²) in [5.41, 5.74) is 1.26. The van der Waals surface area contributed by atoms with Gasteiger partial charge in [-0.1, -0.05) is 98.1 Å². The highest BCUT2D eigenvalue weighted by Gasteiger charge is 2.67. The molecule has 2 amide bonds. The number of carbonyl (C=O) groups is 2. The molecule has 1 saturated heterocycles. The summed E-state index contributed by atoms with van der Waals surface area (Å²) >= 11 is 0. The molecule has 9 atom stereocenters. The summed E-state index contributed by atoms with van der Waals surface area (Å²) in [6.45, 7) is 18.4. The fourth-order valence-corrected chi connectivity index (χ4v) is 10.6. The Kier molecular flexibility index (Phi) is 7.94. The maximum Gasteiger partial charge on any atom is 0.238 e. The summed E-state index contributed by atoms with van der Waals surface area (Å²) in [4.78, 5) is 31.2. The van der Waals surface area contributed by atoms with Crippen molar-refractivity contribution < 1.29 is 9.59 Å². The van der Waals surface area contributed by atoms with Crippen LogP contribution in [0.5, 0.6) is 0 Å². The van der Waals surface area contributed by atoms with Crippen molar-refractivity contribution in [2.24, 2.45) is 57.7 Å². The van der Waals surface area contributed by atoms with Crippen LogP contribution in [0.2, 0.25) is 0 Å². The topological polar surface area (TPSA) is 37.4 Å². The molecule has 40 heavy (non-hydrogen) atoms. The zero-order valence-electron chi connectivity index (χ0n) is 26.6. The van der Waals surface area contributed by atoms with Crippen LogP contribution in [-0.4, -0.2) is 11.8 Å². The third-order valence-electron chi connectivity index (χ3n) is 13.0. The second-order valence-electron chi connectivity index (χ2n) is 15.2. The quantitative estimate of drug-likeness (QED) is 0.205. The van der Waals surface area contributed by atoms with Gasteiger partial charge in [0, 0.05) is 0 Å². The molecule has 0 N–H and O–H groups in total. The molecule has 0 aromatic heterocycles. The Morgan fingerprint density at radius 3 is 2.20 bits per heavy atom. The van der Waals surface area contributed by atoms with Crippen LogP contribution in [0.15, 0.2) is 36.4 Å². The van der Waals surface area contributed by atoms with Crippen molar-refractivity contribution in [1.82, 2.24) is 0 Å². The molecular weight excluding hydrogens is 490 g/mol. The maximum atomic E-state index is 14.9. The lowest BCUT2D eigenvalue weighted by Gasteiger charge is -2.57. The molecule has 2 saturated carbocycles. The molecule has 1 aliphatic heterocycles. The normalized spacial score (nSPS) is 34.4. The number of rotatable bonds is 11. The van der Waals surface area contributed by atoms with Crippen LogP contribution in [0.25, 0.3) is 0 Å². The molecule has 1 heterocycles. The van der Waals surface area contributed by atoms with Crippen LogP contribution >= 0.6 is 0 Å². The number of nitrogens with zero attached hydrogens (tertiary/aromatic N) is 1. The van der Waals surface area contributed by atoms with Crippen molar-refractivity contribution in [3.8, 4) is 0 Å². The van der Waals surface area contributed by atoms with Gasteiger partial charge in [-0.15, -0.1) is 0 Å². The van der Waals surface area contributed by atoms with Crippen LogP contribution in [0.1, 0.15) is 112 Å². The number of benzene rings is 1. The second-order valence-corrected chi connectivity index (χ2v) is 15.2. The zero-order valence-corrected chi connectivity index (χ0v) is 26.6. The van der Waals surface area contributed by atoms with E-state index in [1.807, 2.05) is 31.2 Å². The van der Waals surface area contributed by atoms with E-state index in [1.165, 1.54) is 19.3 Å². The number of carbonyl (C=O) groups excluding carboxylic acids is 2. The van der Waals surface area contributed by atoms with Crippen molar-refractivity contribution in [2.75, 3.05) is 4.90 Å². The highest BCUT2D eigenvalue weighted by molar-refractivity contribution is 6.22. The van der Waals surface area contributed by atoms with E-state index in [4.69, 9.17) is 0 Å². The zero-order chi connectivity index (χ0) is 29.0. The van der Waals surface area contributed by atoms with E-state index in [9.17, 15) is 9.59 Å². The molecule has 2 bridgehead atoms. The predicted octanol–water partition coefficient (Wildman–Crippen LogP) is 9.39. The van der Waals surface area contributed by atoms with Gasteiger partial charge in [-0.3, -0.25) is 9.59 Å². The number of hydrogen-bond donors (Lipinski definition) is 0. The number of para-hydroxylation sites is 1. The van der Waals surface area contributed by atoms with E-state index in [-0.39, 0.29) is 39.9 Å². The lowest BCUT2D eigenvalue weighted by atomic mass is 9.46. The molecule has 4 aliphatic rings. The molecule has 3 aliphatic carbocycles. The third kappa shape index (κ3) is 4.27. The summed E-state index contributed by atoms with van der Waals surface area (Å²) in [5.74, 6) is 3.24. The highest BCUT2D eigenvalue weighted by atomic mass is 16.2. The number of unbranched alkanes of at least 4 members (excludes halogenated alkanes) is 1. The lowest BCUT2D eigenvalue weighted by molar-refractivity contribution is -0.145. The number of hydrogen-bond acceptors (Lipinski definition) is 2. The van der Waals surface area contributed by atoms with Gasteiger partial charge in [0.2, 0.25) is 11.8 Å². The predicted molar refractivity (Wildman–Crippen MR) is 166 cm³/mol. The van der Waals surface area contributed by atoms with Gasteiger partial charge in [-0.2, -0.15) is 0 Å². The first-order chi connectivity index (χ1) is 19.0. The van der Waals surface area contributed by atoms with Crippen LogP contribution in [0.3, 0.4) is 0 Å². The maximum absolute atomic E-state index is 14.9. The fourth-order valence-electron chi connectivity index (χ4n) is 10.6. The molecule has 220 valence electrons. The van der Waals surface area contributed by atoms with Crippen molar-refractivity contribution in [1.29, 1.82) is 0 Å². The SMILES string of the molecule is CCCCC(C)(C)C1C(=O)N(c2ccccc2C)C(=O)C1C(C)(CCC)C(C)(CC)C1CC2CC1C1C=CCC21. The Labute approximate surface area is 244 Å². The van der Waals surface area contributed by atoms with Gasteiger partial charge in [0.05, 0.1) is 17.5 Å². The van der Waals surface area contributed by atoms with Gasteiger partial charge in [0.1, 0.15) is 0 Å². The largest absolute Gasteiger partial charge is 0.274 e. The van der Waals surface area contributed by atoms with Gasteiger partial charge in [0.15, 0.2) is 0 Å². The average molecular weight is 546 g/mol. The Bertz CT molecular complexity index is 1150. The van der Waals surface area contributed by atoms with Crippen molar-refractivity contribution in [3.63, 3.8) is 0 Å². The van der Waals surface area contributed by atoms with Crippen molar-refractivity contribution in [2.45, 2.75) is 113 Å². The Morgan fingerprint density at radius 2 is 1.55 bits per heavy atom. The molecule has 5 rings (SSSR count). The molecule has 0 radical (unpaired) electrons. The molecule has 9 unspecified atom stereocenters. The van der Waals surface area contributed by atoms with Crippen LogP contribution in [-0.2, 0) is 9.59 Å². The Balaban J connectivity index is 1.63. The van der Waals surface area contributed by atoms with Gasteiger partial charge >= 0.3 is 0 Å². The van der Waals surface area contributed by atoms with E-state index >= 15 is 0 Å². The monoisotopic (exact) mass is 545 g/mol. The van der Waals surface area contributed by atoms with Gasteiger partial charge in [-0.05, 0) is 103 Å². The Morgan fingerprint density at radius 1 is 0.850 bits per heavy atom. The first kappa shape index (κ1) is 29.6. The van der Waals surface area contributed by atoms with Gasteiger partial charge in [-0.25, -0.2) is 4.90 Å². The number of fused-ring (bicyclic) bond motifs is 5. The van der Waals surface area contributed by atoms with Crippen LogP contribution < -0.4 is 4.90 Å². The van der Waals surface area contributed by atoms with Crippen LogP contribution in [0.4, 0.5) is 5.69 Å². The Hall–Kier alpha value is -1.90. The van der Waals surface area contributed by atoms with E-state index in [2.05, 4.69) is 60.6 Å². The van der Waals surface area contributed by atoms with Crippen LogP contribution in [0, 0.1) is 64.6 Å². The molecule has 3 fully saturated rings. The molecular formula is C37H55NO2. The summed E-state index contributed by atoms with van der Waals surface area (Å²) in [7, 11) is 0. The first-order valence-electron chi connectivity index (χ1n) is 16.6. The summed E-state index contributed by atoms with van der Waals surface area (Å²) < 4.78 is 0. The summed E-state index contributed by atoms with van der Waals surface area (Å²) in [6.07, 6.45) is 15.1. The van der Waals surface area contributed by atoms with E-state index in [0.717, 1.165) is 73.4 Å². The van der Waals surface area contributed by atoms with Gasteiger partial charge in [0.25, 0.3) is 0 Å². The molecule has 3 nitrogen and oxygen atoms in total. The minimum absolute atomic E-state index is 0.00867. The number of amides is 2.